The number of nitrogens with one attached hydrogen (secondary N) is 1. The Balaban J connectivity index is 1.45. The number of nitrogens with zero attached hydrogens (tertiary/aromatic N) is 2. The number of rotatable bonds is 6. The summed E-state index contributed by atoms with van der Waals surface area (Å²) in [4.78, 5) is 15.7. The molecule has 2 fully saturated rings. The SMILES string of the molecule is O=C(Cc1ccc(S(=O)(=O)N2CCCCC2)s1)Nc1cc(Cl)ccc1N1CCCC1. The molecule has 2 aromatic rings. The van der Waals surface area contributed by atoms with E-state index in [9.17, 15) is 13.2 Å². The predicted octanol–water partition coefficient (Wildman–Crippen LogP) is 4.36. The molecular weight excluding hydrogens is 442 g/mol. The van der Waals surface area contributed by atoms with E-state index < -0.39 is 10.0 Å². The van der Waals surface area contributed by atoms with E-state index in [0.29, 0.717) is 28.0 Å². The molecule has 2 saturated heterocycles. The lowest BCUT2D eigenvalue weighted by Gasteiger charge is -2.25. The summed E-state index contributed by atoms with van der Waals surface area (Å²) in [5, 5.41) is 3.54. The first-order valence-corrected chi connectivity index (χ1v) is 13.0. The van der Waals surface area contributed by atoms with Crippen LogP contribution in [0, 0.1) is 0 Å². The lowest BCUT2D eigenvalue weighted by atomic mass is 10.2. The minimum Gasteiger partial charge on any atom is -0.370 e. The lowest BCUT2D eigenvalue weighted by Crippen LogP contribution is -2.35. The van der Waals surface area contributed by atoms with Crippen molar-refractivity contribution in [1.82, 2.24) is 4.31 Å². The largest absolute Gasteiger partial charge is 0.370 e. The molecule has 4 rings (SSSR count). The topological polar surface area (TPSA) is 69.7 Å². The van der Waals surface area contributed by atoms with Gasteiger partial charge in [0.15, 0.2) is 0 Å². The van der Waals surface area contributed by atoms with Crippen molar-refractivity contribution in [1.29, 1.82) is 0 Å². The summed E-state index contributed by atoms with van der Waals surface area (Å²) in [6, 6.07) is 8.90. The van der Waals surface area contributed by atoms with Gasteiger partial charge in [-0.15, -0.1) is 11.3 Å². The van der Waals surface area contributed by atoms with Gasteiger partial charge in [0.1, 0.15) is 4.21 Å². The molecule has 1 aromatic heterocycles. The average Bonchev–Trinajstić information content (AvgIpc) is 3.41. The molecule has 1 aromatic carbocycles. The Labute approximate surface area is 186 Å². The van der Waals surface area contributed by atoms with E-state index in [1.807, 2.05) is 12.1 Å². The number of thiophene rings is 1. The zero-order valence-electron chi connectivity index (χ0n) is 16.8. The molecule has 0 spiro atoms. The zero-order chi connectivity index (χ0) is 21.1. The van der Waals surface area contributed by atoms with E-state index in [-0.39, 0.29) is 12.3 Å². The van der Waals surface area contributed by atoms with Crippen molar-refractivity contribution in [3.63, 3.8) is 0 Å². The molecule has 0 atom stereocenters. The fraction of sp³-hybridized carbons (Fsp3) is 0.476. The molecule has 2 aliphatic rings. The fourth-order valence-corrected chi connectivity index (χ4v) is 7.22. The number of carbonyl (C=O) groups is 1. The maximum Gasteiger partial charge on any atom is 0.252 e. The monoisotopic (exact) mass is 467 g/mol. The molecule has 2 aliphatic heterocycles. The van der Waals surface area contributed by atoms with Gasteiger partial charge < -0.3 is 10.2 Å². The van der Waals surface area contributed by atoms with Gasteiger partial charge in [0, 0.05) is 36.1 Å². The maximum atomic E-state index is 12.8. The van der Waals surface area contributed by atoms with Gasteiger partial charge in [-0.1, -0.05) is 18.0 Å². The highest BCUT2D eigenvalue weighted by Crippen LogP contribution is 2.32. The van der Waals surface area contributed by atoms with Crippen molar-refractivity contribution >= 4 is 50.2 Å². The van der Waals surface area contributed by atoms with Crippen LogP contribution in [0.3, 0.4) is 0 Å². The maximum absolute atomic E-state index is 12.8. The first-order chi connectivity index (χ1) is 14.4. The third kappa shape index (κ3) is 4.82. The van der Waals surface area contributed by atoms with Gasteiger partial charge in [0.2, 0.25) is 5.91 Å². The van der Waals surface area contributed by atoms with Crippen LogP contribution in [0.2, 0.25) is 5.02 Å². The van der Waals surface area contributed by atoms with Crippen molar-refractivity contribution in [2.24, 2.45) is 0 Å². The van der Waals surface area contributed by atoms with Gasteiger partial charge in [0.05, 0.1) is 17.8 Å². The minimum atomic E-state index is -3.46. The van der Waals surface area contributed by atoms with Crippen molar-refractivity contribution in [3.8, 4) is 0 Å². The Morgan fingerprint density at radius 3 is 2.43 bits per heavy atom. The second kappa shape index (κ2) is 9.26. The molecule has 30 heavy (non-hydrogen) atoms. The van der Waals surface area contributed by atoms with Crippen LogP contribution >= 0.6 is 22.9 Å². The number of hydrogen-bond acceptors (Lipinski definition) is 5. The number of anilines is 2. The van der Waals surface area contributed by atoms with Crippen molar-refractivity contribution in [3.05, 3.63) is 40.2 Å². The second-order valence-electron chi connectivity index (χ2n) is 7.77. The van der Waals surface area contributed by atoms with Crippen LogP contribution in [0.15, 0.2) is 34.5 Å². The van der Waals surface area contributed by atoms with E-state index in [2.05, 4.69) is 10.2 Å². The molecule has 6 nitrogen and oxygen atoms in total. The third-order valence-corrected chi connectivity index (χ3v) is 9.25. The number of carbonyl (C=O) groups excluding carboxylic acids is 1. The summed E-state index contributed by atoms with van der Waals surface area (Å²) >= 11 is 7.33. The minimum absolute atomic E-state index is 0.131. The van der Waals surface area contributed by atoms with Crippen molar-refractivity contribution in [2.75, 3.05) is 36.4 Å². The van der Waals surface area contributed by atoms with Gasteiger partial charge in [-0.2, -0.15) is 4.31 Å². The van der Waals surface area contributed by atoms with E-state index in [0.717, 1.165) is 55.8 Å². The summed E-state index contributed by atoms with van der Waals surface area (Å²) in [7, 11) is -3.46. The molecule has 9 heteroatoms. The van der Waals surface area contributed by atoms with Gasteiger partial charge >= 0.3 is 0 Å². The van der Waals surface area contributed by atoms with Gasteiger partial charge in [-0.3, -0.25) is 4.79 Å². The Hall–Kier alpha value is -1.61. The second-order valence-corrected chi connectivity index (χ2v) is 11.5. The fourth-order valence-electron chi connectivity index (χ4n) is 4.02. The van der Waals surface area contributed by atoms with Crippen LogP contribution in [0.5, 0.6) is 0 Å². The lowest BCUT2D eigenvalue weighted by molar-refractivity contribution is -0.115. The van der Waals surface area contributed by atoms with E-state index in [1.165, 1.54) is 11.3 Å². The molecule has 0 aliphatic carbocycles. The Morgan fingerprint density at radius 2 is 1.70 bits per heavy atom. The summed E-state index contributed by atoms with van der Waals surface area (Å²) in [6.45, 7) is 3.08. The Bertz CT molecular complexity index is 1010. The summed E-state index contributed by atoms with van der Waals surface area (Å²) in [5.74, 6) is -0.179. The number of amides is 1. The first-order valence-electron chi connectivity index (χ1n) is 10.4. The zero-order valence-corrected chi connectivity index (χ0v) is 19.2. The highest BCUT2D eigenvalue weighted by atomic mass is 35.5. The number of sulfonamides is 1. The van der Waals surface area contributed by atoms with Crippen LogP contribution in [-0.2, 0) is 21.2 Å². The molecule has 0 saturated carbocycles. The van der Waals surface area contributed by atoms with E-state index in [1.54, 1.807) is 22.5 Å². The quantitative estimate of drug-likeness (QED) is 0.685. The molecule has 0 radical (unpaired) electrons. The van der Waals surface area contributed by atoms with E-state index >= 15 is 0 Å². The molecule has 162 valence electrons. The molecule has 3 heterocycles. The molecular formula is C21H26ClN3O3S2. The molecule has 1 N–H and O–H groups in total. The van der Waals surface area contributed by atoms with Crippen molar-refractivity contribution < 1.29 is 13.2 Å². The highest BCUT2D eigenvalue weighted by molar-refractivity contribution is 7.91. The molecule has 0 unspecified atom stereocenters. The Kier molecular flexibility index (Phi) is 6.67. The Morgan fingerprint density at radius 1 is 1.00 bits per heavy atom. The van der Waals surface area contributed by atoms with Crippen LogP contribution in [0.4, 0.5) is 11.4 Å². The molecule has 1 amide bonds. The summed E-state index contributed by atoms with van der Waals surface area (Å²) < 4.78 is 27.5. The molecule has 0 bridgehead atoms. The first kappa shape index (κ1) is 21.6. The number of hydrogen-bond donors (Lipinski definition) is 1. The van der Waals surface area contributed by atoms with Gasteiger partial charge in [-0.05, 0) is 56.0 Å². The summed E-state index contributed by atoms with van der Waals surface area (Å²) in [6.07, 6.45) is 5.29. The normalized spacial score (nSPS) is 18.0. The number of piperidine rings is 1. The van der Waals surface area contributed by atoms with Crippen LogP contribution in [0.25, 0.3) is 0 Å². The van der Waals surface area contributed by atoms with Gasteiger partial charge in [0.25, 0.3) is 10.0 Å². The smallest absolute Gasteiger partial charge is 0.252 e. The predicted molar refractivity (Wildman–Crippen MR) is 122 cm³/mol. The van der Waals surface area contributed by atoms with Crippen molar-refractivity contribution in [2.45, 2.75) is 42.7 Å². The van der Waals surface area contributed by atoms with E-state index in [4.69, 9.17) is 11.6 Å². The van der Waals surface area contributed by atoms with Crippen LogP contribution < -0.4 is 10.2 Å². The number of halogens is 1. The standard InChI is InChI=1S/C21H26ClN3O3S2/c22-16-6-8-19(24-10-4-5-11-24)18(14-16)23-20(26)15-17-7-9-21(29-17)30(27,28)25-12-2-1-3-13-25/h6-9,14H,1-5,10-13,15H2,(H,23,26). The van der Waals surface area contributed by atoms with Gasteiger partial charge in [-0.25, -0.2) is 8.42 Å². The van der Waals surface area contributed by atoms with Crippen LogP contribution in [0.1, 0.15) is 37.0 Å². The average molecular weight is 468 g/mol. The number of benzene rings is 1. The highest BCUT2D eigenvalue weighted by Gasteiger charge is 2.27. The third-order valence-electron chi connectivity index (χ3n) is 5.56. The summed E-state index contributed by atoms with van der Waals surface area (Å²) in [5.41, 5.74) is 1.68. The van der Waals surface area contributed by atoms with Crippen LogP contribution in [-0.4, -0.2) is 44.8 Å².